The van der Waals surface area contributed by atoms with Crippen LogP contribution in [0.1, 0.15) is 85.5 Å². The second-order valence-corrected chi connectivity index (χ2v) is 7.52. The van der Waals surface area contributed by atoms with Crippen molar-refractivity contribution in [2.45, 2.75) is 97.2 Å². The molecule has 25 heavy (non-hydrogen) atoms. The van der Waals surface area contributed by atoms with E-state index in [1.54, 1.807) is 0 Å². The summed E-state index contributed by atoms with van der Waals surface area (Å²) < 4.78 is 0. The van der Waals surface area contributed by atoms with Crippen molar-refractivity contribution in [3.63, 3.8) is 0 Å². The Morgan fingerprint density at radius 2 is 1.68 bits per heavy atom. The van der Waals surface area contributed by atoms with E-state index in [1.807, 2.05) is 20.8 Å². The number of nitrogens with one attached hydrogen (secondary N) is 1. The number of carbonyl (C=O) groups excluding carboxylic acids is 2. The number of aliphatic hydroxyl groups is 1. The Morgan fingerprint density at radius 1 is 1.12 bits per heavy atom. The standard InChI is InChI=1S/C19H38N2O4/c1-5-6-7-8-9-10-11-12-13-17(23)18(24)20-14-15-21(16-22)25-19(2,3)4/h16-17,23H,5-15H2,1-4H3,(H,20,24). The van der Waals surface area contributed by atoms with Gasteiger partial charge in [0.25, 0.3) is 0 Å². The Morgan fingerprint density at radius 3 is 2.20 bits per heavy atom. The van der Waals surface area contributed by atoms with Gasteiger partial charge < -0.3 is 10.4 Å². The number of carbonyl (C=O) groups is 2. The lowest BCUT2D eigenvalue weighted by Crippen LogP contribution is -2.41. The van der Waals surface area contributed by atoms with Gasteiger partial charge in [0, 0.05) is 6.54 Å². The third-order valence-corrected chi connectivity index (χ3v) is 3.77. The van der Waals surface area contributed by atoms with Gasteiger partial charge >= 0.3 is 0 Å². The fourth-order valence-electron chi connectivity index (χ4n) is 2.48. The van der Waals surface area contributed by atoms with Crippen LogP contribution in [-0.4, -0.2) is 47.3 Å². The summed E-state index contributed by atoms with van der Waals surface area (Å²) >= 11 is 0. The molecular weight excluding hydrogens is 320 g/mol. The van der Waals surface area contributed by atoms with E-state index in [2.05, 4.69) is 12.2 Å². The van der Waals surface area contributed by atoms with Gasteiger partial charge in [-0.1, -0.05) is 58.3 Å². The molecule has 0 saturated heterocycles. The van der Waals surface area contributed by atoms with E-state index in [0.29, 0.717) is 12.8 Å². The molecule has 1 atom stereocenters. The summed E-state index contributed by atoms with van der Waals surface area (Å²) in [5.74, 6) is -0.385. The first-order chi connectivity index (χ1) is 11.8. The van der Waals surface area contributed by atoms with Crippen LogP contribution < -0.4 is 5.32 Å². The van der Waals surface area contributed by atoms with E-state index < -0.39 is 11.7 Å². The van der Waals surface area contributed by atoms with Gasteiger partial charge in [0.05, 0.1) is 12.1 Å². The fourth-order valence-corrected chi connectivity index (χ4v) is 2.48. The molecule has 2 N–H and O–H groups in total. The molecule has 6 nitrogen and oxygen atoms in total. The third kappa shape index (κ3) is 14.9. The number of unbranched alkanes of at least 4 members (excludes halogenated alkanes) is 7. The van der Waals surface area contributed by atoms with Gasteiger partial charge in [0.2, 0.25) is 12.3 Å². The van der Waals surface area contributed by atoms with Crippen molar-refractivity contribution in [2.24, 2.45) is 0 Å². The largest absolute Gasteiger partial charge is 0.383 e. The lowest BCUT2D eigenvalue weighted by atomic mass is 10.1. The molecule has 0 aromatic rings. The van der Waals surface area contributed by atoms with Crippen LogP contribution in [0.15, 0.2) is 0 Å². The summed E-state index contributed by atoms with van der Waals surface area (Å²) in [6.45, 7) is 8.24. The molecule has 0 heterocycles. The van der Waals surface area contributed by atoms with Crippen molar-refractivity contribution >= 4 is 12.3 Å². The summed E-state index contributed by atoms with van der Waals surface area (Å²) in [5.41, 5.74) is -0.471. The highest BCUT2D eigenvalue weighted by molar-refractivity contribution is 5.80. The molecule has 0 bridgehead atoms. The van der Waals surface area contributed by atoms with Crippen LogP contribution in [0.3, 0.4) is 0 Å². The van der Waals surface area contributed by atoms with Crippen molar-refractivity contribution in [3.05, 3.63) is 0 Å². The first-order valence-electron chi connectivity index (χ1n) is 9.67. The van der Waals surface area contributed by atoms with Gasteiger partial charge in [-0.15, -0.1) is 0 Å². The van der Waals surface area contributed by atoms with Gasteiger partial charge in [0.15, 0.2) is 0 Å². The summed E-state index contributed by atoms with van der Waals surface area (Å²) in [6, 6.07) is 0. The van der Waals surface area contributed by atoms with Crippen LogP contribution in [0.2, 0.25) is 0 Å². The Bertz CT molecular complexity index is 356. The normalized spacial score (nSPS) is 12.7. The maximum Gasteiger partial charge on any atom is 0.248 e. The minimum Gasteiger partial charge on any atom is -0.383 e. The summed E-state index contributed by atoms with van der Waals surface area (Å²) in [5, 5.41) is 13.7. The molecule has 0 fully saturated rings. The SMILES string of the molecule is CCCCCCCCCCC(O)C(=O)NCCN(C=O)OC(C)(C)C. The number of rotatable bonds is 15. The number of hydroxylamine groups is 2. The molecule has 0 saturated carbocycles. The number of nitrogens with zero attached hydrogens (tertiary/aromatic N) is 1. The van der Waals surface area contributed by atoms with Crippen molar-refractivity contribution in [1.29, 1.82) is 0 Å². The van der Waals surface area contributed by atoms with Gasteiger partial charge in [-0.05, 0) is 27.2 Å². The molecule has 2 amide bonds. The first-order valence-corrected chi connectivity index (χ1v) is 9.67. The molecule has 0 aliphatic carbocycles. The van der Waals surface area contributed by atoms with Crippen LogP contribution >= 0.6 is 0 Å². The van der Waals surface area contributed by atoms with Gasteiger partial charge in [-0.25, -0.2) is 5.06 Å². The summed E-state index contributed by atoms with van der Waals surface area (Å²) in [7, 11) is 0. The summed E-state index contributed by atoms with van der Waals surface area (Å²) in [4.78, 5) is 28.2. The monoisotopic (exact) mass is 358 g/mol. The zero-order chi connectivity index (χ0) is 19.1. The number of hydrogen-bond acceptors (Lipinski definition) is 4. The van der Waals surface area contributed by atoms with E-state index >= 15 is 0 Å². The highest BCUT2D eigenvalue weighted by atomic mass is 16.7. The molecule has 0 rings (SSSR count). The van der Waals surface area contributed by atoms with Crippen LogP contribution in [0, 0.1) is 0 Å². The van der Waals surface area contributed by atoms with Crippen molar-refractivity contribution in [3.8, 4) is 0 Å². The van der Waals surface area contributed by atoms with Crippen LogP contribution in [0.5, 0.6) is 0 Å². The average molecular weight is 359 g/mol. The van der Waals surface area contributed by atoms with Gasteiger partial charge in [-0.3, -0.25) is 14.4 Å². The minimum absolute atomic E-state index is 0.247. The van der Waals surface area contributed by atoms with Crippen LogP contribution in [0.4, 0.5) is 0 Å². The molecule has 0 spiro atoms. The second kappa shape index (κ2) is 14.1. The van der Waals surface area contributed by atoms with E-state index in [4.69, 9.17) is 4.84 Å². The van der Waals surface area contributed by atoms with E-state index in [1.165, 1.54) is 32.1 Å². The maximum absolute atomic E-state index is 11.8. The molecule has 148 valence electrons. The lowest BCUT2D eigenvalue weighted by Gasteiger charge is -2.26. The van der Waals surface area contributed by atoms with Gasteiger partial charge in [-0.2, -0.15) is 0 Å². The molecule has 0 aliphatic heterocycles. The Balaban J connectivity index is 3.72. The molecule has 1 unspecified atom stereocenters. The molecule has 6 heteroatoms. The van der Waals surface area contributed by atoms with E-state index in [0.717, 1.165) is 24.3 Å². The van der Waals surface area contributed by atoms with E-state index in [9.17, 15) is 14.7 Å². The Labute approximate surface area is 153 Å². The zero-order valence-electron chi connectivity index (χ0n) is 16.6. The molecule has 0 aromatic carbocycles. The highest BCUT2D eigenvalue weighted by Crippen LogP contribution is 2.11. The minimum atomic E-state index is -0.978. The van der Waals surface area contributed by atoms with Crippen molar-refractivity contribution < 1.29 is 19.5 Å². The first kappa shape index (κ1) is 23.9. The molecule has 0 aromatic heterocycles. The van der Waals surface area contributed by atoms with Crippen LogP contribution in [0.25, 0.3) is 0 Å². The summed E-state index contributed by atoms with van der Waals surface area (Å²) in [6.07, 6.45) is 9.55. The predicted octanol–water partition coefficient (Wildman–Crippen LogP) is 3.18. The number of hydrogen-bond donors (Lipinski definition) is 2. The van der Waals surface area contributed by atoms with Crippen molar-refractivity contribution in [1.82, 2.24) is 10.4 Å². The predicted molar refractivity (Wildman–Crippen MR) is 99.9 cm³/mol. The Hall–Kier alpha value is -1.14. The smallest absolute Gasteiger partial charge is 0.248 e. The quantitative estimate of drug-likeness (QED) is 0.268. The molecular formula is C19H38N2O4. The topological polar surface area (TPSA) is 78.9 Å². The van der Waals surface area contributed by atoms with E-state index in [-0.39, 0.29) is 19.0 Å². The van der Waals surface area contributed by atoms with Crippen molar-refractivity contribution in [2.75, 3.05) is 13.1 Å². The fraction of sp³-hybridized carbons (Fsp3) is 0.895. The average Bonchev–Trinajstić information content (AvgIpc) is 2.54. The zero-order valence-corrected chi connectivity index (χ0v) is 16.6. The third-order valence-electron chi connectivity index (χ3n) is 3.77. The van der Waals surface area contributed by atoms with Gasteiger partial charge in [0.1, 0.15) is 6.10 Å². The number of aliphatic hydroxyl groups excluding tert-OH is 1. The maximum atomic E-state index is 11.8. The number of amides is 2. The molecule has 0 aliphatic rings. The molecule has 0 radical (unpaired) electrons. The second-order valence-electron chi connectivity index (χ2n) is 7.52. The Kier molecular flexibility index (Phi) is 13.4. The highest BCUT2D eigenvalue weighted by Gasteiger charge is 2.17. The van der Waals surface area contributed by atoms with Crippen LogP contribution in [-0.2, 0) is 14.4 Å². The lowest BCUT2D eigenvalue weighted by molar-refractivity contribution is -0.215.